The highest BCUT2D eigenvalue weighted by Gasteiger charge is 2.19. The first-order chi connectivity index (χ1) is 13.9. The SMILES string of the molecule is CC(C)(C)c1csc(NC(=O)Cc2cn(Cc3ccccc3)c3ncccc23)n1. The first-order valence-corrected chi connectivity index (χ1v) is 10.5. The van der Waals surface area contributed by atoms with Gasteiger partial charge in [-0.3, -0.25) is 4.79 Å². The summed E-state index contributed by atoms with van der Waals surface area (Å²) in [7, 11) is 0. The molecule has 0 atom stereocenters. The number of aromatic nitrogens is 3. The predicted molar refractivity (Wildman–Crippen MR) is 118 cm³/mol. The van der Waals surface area contributed by atoms with Crippen molar-refractivity contribution in [3.63, 3.8) is 0 Å². The molecule has 0 fully saturated rings. The molecular formula is C23H24N4OS. The maximum atomic E-state index is 12.7. The highest BCUT2D eigenvalue weighted by Crippen LogP contribution is 2.27. The standard InChI is InChI=1S/C23H24N4OS/c1-23(2,3)19-15-29-22(25-19)26-20(28)12-17-14-27(13-16-8-5-4-6-9-16)21-18(17)10-7-11-24-21/h4-11,14-15H,12-13H2,1-3H3,(H,25,26,28). The third kappa shape index (κ3) is 4.38. The zero-order valence-corrected chi connectivity index (χ0v) is 17.7. The Morgan fingerprint density at radius 1 is 1.14 bits per heavy atom. The number of benzene rings is 1. The van der Waals surface area contributed by atoms with Crippen LogP contribution in [0.5, 0.6) is 0 Å². The lowest BCUT2D eigenvalue weighted by Gasteiger charge is -2.14. The summed E-state index contributed by atoms with van der Waals surface area (Å²) in [5.41, 5.74) is 4.01. The molecule has 4 aromatic rings. The zero-order chi connectivity index (χ0) is 20.4. The number of rotatable bonds is 5. The molecule has 5 nitrogen and oxygen atoms in total. The van der Waals surface area contributed by atoms with Gasteiger partial charge < -0.3 is 9.88 Å². The summed E-state index contributed by atoms with van der Waals surface area (Å²) in [5.74, 6) is -0.0672. The number of carbonyl (C=O) groups excluding carboxylic acids is 1. The molecule has 0 aliphatic heterocycles. The predicted octanol–water partition coefficient (Wildman–Crippen LogP) is 5.02. The molecule has 0 aliphatic rings. The molecular weight excluding hydrogens is 380 g/mol. The van der Waals surface area contributed by atoms with Gasteiger partial charge in [0, 0.05) is 35.1 Å². The topological polar surface area (TPSA) is 59.8 Å². The second kappa shape index (κ2) is 7.79. The highest BCUT2D eigenvalue weighted by molar-refractivity contribution is 7.13. The fraction of sp³-hybridized carbons (Fsp3) is 0.261. The molecule has 0 saturated heterocycles. The number of nitrogens with zero attached hydrogens (tertiary/aromatic N) is 3. The molecule has 6 heteroatoms. The first kappa shape index (κ1) is 19.3. The van der Waals surface area contributed by atoms with E-state index in [2.05, 4.69) is 52.8 Å². The summed E-state index contributed by atoms with van der Waals surface area (Å²) in [4.78, 5) is 21.8. The van der Waals surface area contributed by atoms with Crippen molar-refractivity contribution in [3.8, 4) is 0 Å². The number of amides is 1. The Kier molecular flexibility index (Phi) is 5.20. The highest BCUT2D eigenvalue weighted by atomic mass is 32.1. The maximum absolute atomic E-state index is 12.7. The van der Waals surface area contributed by atoms with Crippen molar-refractivity contribution in [2.75, 3.05) is 5.32 Å². The van der Waals surface area contributed by atoms with Gasteiger partial charge in [0.25, 0.3) is 0 Å². The molecule has 148 valence electrons. The Morgan fingerprint density at radius 2 is 1.93 bits per heavy atom. The summed E-state index contributed by atoms with van der Waals surface area (Å²) in [6.45, 7) is 7.06. The van der Waals surface area contributed by atoms with Crippen molar-refractivity contribution in [1.29, 1.82) is 0 Å². The van der Waals surface area contributed by atoms with Crippen LogP contribution in [0, 0.1) is 0 Å². The average molecular weight is 405 g/mol. The molecule has 0 unspecified atom stereocenters. The summed E-state index contributed by atoms with van der Waals surface area (Å²) in [5, 5.41) is 6.60. The van der Waals surface area contributed by atoms with Gasteiger partial charge in [0.05, 0.1) is 12.1 Å². The molecule has 1 N–H and O–H groups in total. The Morgan fingerprint density at radius 3 is 2.66 bits per heavy atom. The summed E-state index contributed by atoms with van der Waals surface area (Å²) >= 11 is 1.47. The van der Waals surface area contributed by atoms with E-state index in [-0.39, 0.29) is 17.7 Å². The number of nitrogens with one attached hydrogen (secondary N) is 1. The van der Waals surface area contributed by atoms with Gasteiger partial charge in [-0.25, -0.2) is 9.97 Å². The third-order valence-electron chi connectivity index (χ3n) is 4.78. The van der Waals surface area contributed by atoms with E-state index < -0.39 is 0 Å². The van der Waals surface area contributed by atoms with E-state index in [1.807, 2.05) is 41.9 Å². The van der Waals surface area contributed by atoms with Crippen LogP contribution < -0.4 is 5.32 Å². The number of pyridine rings is 1. The molecule has 0 radical (unpaired) electrons. The molecule has 0 saturated carbocycles. The van der Waals surface area contributed by atoms with E-state index in [1.165, 1.54) is 16.9 Å². The van der Waals surface area contributed by atoms with Crippen molar-refractivity contribution in [1.82, 2.24) is 14.5 Å². The molecule has 3 heterocycles. The van der Waals surface area contributed by atoms with E-state index in [9.17, 15) is 4.79 Å². The maximum Gasteiger partial charge on any atom is 0.230 e. The van der Waals surface area contributed by atoms with Gasteiger partial charge in [-0.1, -0.05) is 51.1 Å². The molecule has 1 amide bonds. The van der Waals surface area contributed by atoms with E-state index >= 15 is 0 Å². The Labute approximate surface area is 174 Å². The number of thiazole rings is 1. The first-order valence-electron chi connectivity index (χ1n) is 9.63. The van der Waals surface area contributed by atoms with E-state index in [4.69, 9.17) is 0 Å². The Bertz CT molecular complexity index is 1140. The fourth-order valence-electron chi connectivity index (χ4n) is 3.25. The monoisotopic (exact) mass is 404 g/mol. The van der Waals surface area contributed by atoms with E-state index in [0.717, 1.165) is 28.8 Å². The second-order valence-electron chi connectivity index (χ2n) is 8.16. The smallest absolute Gasteiger partial charge is 0.230 e. The Hall–Kier alpha value is -2.99. The zero-order valence-electron chi connectivity index (χ0n) is 16.8. The molecule has 29 heavy (non-hydrogen) atoms. The van der Waals surface area contributed by atoms with Crippen LogP contribution in [0.15, 0.2) is 60.2 Å². The van der Waals surface area contributed by atoms with Crippen LogP contribution in [0.1, 0.15) is 37.6 Å². The van der Waals surface area contributed by atoms with Crippen molar-refractivity contribution in [2.45, 2.75) is 39.2 Å². The fourth-order valence-corrected chi connectivity index (χ4v) is 4.20. The summed E-state index contributed by atoms with van der Waals surface area (Å²) in [6.07, 6.45) is 4.11. The average Bonchev–Trinajstić information content (AvgIpc) is 3.28. The Balaban J connectivity index is 1.54. The van der Waals surface area contributed by atoms with Crippen LogP contribution in [0.3, 0.4) is 0 Å². The van der Waals surface area contributed by atoms with Gasteiger partial charge in [-0.05, 0) is 23.3 Å². The van der Waals surface area contributed by atoms with Crippen LogP contribution in [0.25, 0.3) is 11.0 Å². The minimum atomic E-state index is -0.0672. The molecule has 0 bridgehead atoms. The lowest BCUT2D eigenvalue weighted by atomic mass is 9.93. The normalized spacial score (nSPS) is 11.7. The van der Waals surface area contributed by atoms with Crippen molar-refractivity contribution in [2.24, 2.45) is 0 Å². The van der Waals surface area contributed by atoms with Crippen molar-refractivity contribution >= 4 is 33.4 Å². The minimum absolute atomic E-state index is 0.0317. The van der Waals surface area contributed by atoms with E-state index in [1.54, 1.807) is 6.20 Å². The van der Waals surface area contributed by atoms with Crippen LogP contribution in [-0.4, -0.2) is 20.4 Å². The second-order valence-corrected chi connectivity index (χ2v) is 9.01. The molecule has 3 aromatic heterocycles. The molecule has 0 aliphatic carbocycles. The van der Waals surface area contributed by atoms with E-state index in [0.29, 0.717) is 5.13 Å². The van der Waals surface area contributed by atoms with Gasteiger partial charge in [-0.2, -0.15) is 0 Å². The lowest BCUT2D eigenvalue weighted by Crippen LogP contribution is -2.15. The third-order valence-corrected chi connectivity index (χ3v) is 5.54. The van der Waals surface area contributed by atoms with Gasteiger partial charge in [0.15, 0.2) is 5.13 Å². The number of hydrogen-bond donors (Lipinski definition) is 1. The lowest BCUT2D eigenvalue weighted by molar-refractivity contribution is -0.115. The summed E-state index contributed by atoms with van der Waals surface area (Å²) in [6, 6.07) is 14.2. The number of carbonyl (C=O) groups is 1. The van der Waals surface area contributed by atoms with Gasteiger partial charge in [-0.15, -0.1) is 11.3 Å². The van der Waals surface area contributed by atoms with Crippen LogP contribution >= 0.6 is 11.3 Å². The summed E-state index contributed by atoms with van der Waals surface area (Å²) < 4.78 is 2.11. The van der Waals surface area contributed by atoms with Gasteiger partial charge in [0.1, 0.15) is 5.65 Å². The molecule has 1 aromatic carbocycles. The van der Waals surface area contributed by atoms with Crippen molar-refractivity contribution < 1.29 is 4.79 Å². The number of fused-ring (bicyclic) bond motifs is 1. The largest absolute Gasteiger partial charge is 0.328 e. The molecule has 4 rings (SSSR count). The number of hydrogen-bond acceptors (Lipinski definition) is 4. The van der Waals surface area contributed by atoms with Crippen LogP contribution in [0.2, 0.25) is 0 Å². The van der Waals surface area contributed by atoms with Crippen LogP contribution in [-0.2, 0) is 23.2 Å². The van der Waals surface area contributed by atoms with Crippen molar-refractivity contribution in [3.05, 3.63) is 77.1 Å². The van der Waals surface area contributed by atoms with Gasteiger partial charge >= 0.3 is 0 Å². The molecule has 0 spiro atoms. The van der Waals surface area contributed by atoms with Crippen LogP contribution in [0.4, 0.5) is 5.13 Å². The number of anilines is 1. The minimum Gasteiger partial charge on any atom is -0.328 e. The quantitative estimate of drug-likeness (QED) is 0.508. The van der Waals surface area contributed by atoms with Gasteiger partial charge in [0.2, 0.25) is 5.91 Å².